The Labute approximate surface area is 148 Å². The molecule has 7 heteroatoms. The van der Waals surface area contributed by atoms with E-state index >= 15 is 0 Å². The second-order valence-electron chi connectivity index (χ2n) is 6.37. The molecule has 3 amide bonds. The van der Waals surface area contributed by atoms with Crippen LogP contribution in [0.1, 0.15) is 44.2 Å². The van der Waals surface area contributed by atoms with Crippen molar-refractivity contribution in [1.29, 1.82) is 0 Å². The van der Waals surface area contributed by atoms with E-state index in [9.17, 15) is 9.59 Å². The molecule has 1 aliphatic heterocycles. The summed E-state index contributed by atoms with van der Waals surface area (Å²) in [7, 11) is 0. The zero-order chi connectivity index (χ0) is 16.2. The Morgan fingerprint density at radius 1 is 1.17 bits per heavy atom. The number of rotatable bonds is 5. The van der Waals surface area contributed by atoms with E-state index in [1.54, 1.807) is 0 Å². The van der Waals surface area contributed by atoms with Crippen LogP contribution in [-0.2, 0) is 4.79 Å². The maximum absolute atomic E-state index is 12.1. The van der Waals surface area contributed by atoms with Crippen molar-refractivity contribution in [2.75, 3.05) is 11.9 Å². The Morgan fingerprint density at radius 2 is 1.88 bits per heavy atom. The summed E-state index contributed by atoms with van der Waals surface area (Å²) in [4.78, 5) is 23.8. The van der Waals surface area contributed by atoms with Crippen molar-refractivity contribution in [2.24, 2.45) is 0 Å². The smallest absolute Gasteiger partial charge is 0.319 e. The minimum atomic E-state index is -0.158. The van der Waals surface area contributed by atoms with Crippen LogP contribution in [0.15, 0.2) is 24.3 Å². The number of hydrogen-bond donors (Lipinski definition) is 4. The van der Waals surface area contributed by atoms with Gasteiger partial charge in [-0.3, -0.25) is 4.79 Å². The lowest BCUT2D eigenvalue weighted by molar-refractivity contribution is -0.123. The lowest BCUT2D eigenvalue weighted by atomic mass is 10.1. The molecule has 2 aliphatic rings. The number of anilines is 1. The average molecular weight is 353 g/mol. The highest BCUT2D eigenvalue weighted by molar-refractivity contribution is 5.89. The van der Waals surface area contributed by atoms with Crippen LogP contribution in [0, 0.1) is 0 Å². The van der Waals surface area contributed by atoms with Crippen molar-refractivity contribution in [2.45, 2.75) is 50.7 Å². The summed E-state index contributed by atoms with van der Waals surface area (Å²) in [5.41, 5.74) is 1.77. The Morgan fingerprint density at radius 3 is 2.46 bits per heavy atom. The number of carbonyl (C=O) groups excluding carboxylic acids is 2. The van der Waals surface area contributed by atoms with Gasteiger partial charge in [0.15, 0.2) is 0 Å². The van der Waals surface area contributed by atoms with Crippen LogP contribution in [0.5, 0.6) is 0 Å². The van der Waals surface area contributed by atoms with Gasteiger partial charge in [-0.2, -0.15) is 0 Å². The third-order valence-corrected chi connectivity index (χ3v) is 4.32. The highest BCUT2D eigenvalue weighted by atomic mass is 35.5. The second-order valence-corrected chi connectivity index (χ2v) is 6.37. The molecule has 0 spiro atoms. The summed E-state index contributed by atoms with van der Waals surface area (Å²) in [6.45, 7) is 2.88. The van der Waals surface area contributed by atoms with Crippen LogP contribution < -0.4 is 21.3 Å². The first kappa shape index (κ1) is 18.5. The monoisotopic (exact) mass is 352 g/mol. The number of carbonyl (C=O) groups is 2. The highest BCUT2D eigenvalue weighted by Crippen LogP contribution is 2.20. The molecule has 1 aromatic carbocycles. The van der Waals surface area contributed by atoms with E-state index in [0.29, 0.717) is 6.04 Å². The molecule has 3 rings (SSSR count). The Bertz CT molecular complexity index is 568. The van der Waals surface area contributed by atoms with Gasteiger partial charge in [0, 0.05) is 11.7 Å². The molecule has 1 aliphatic carbocycles. The van der Waals surface area contributed by atoms with E-state index in [1.807, 2.05) is 31.2 Å². The van der Waals surface area contributed by atoms with Crippen molar-refractivity contribution in [3.63, 3.8) is 0 Å². The number of hydrogen-bond acceptors (Lipinski definition) is 3. The van der Waals surface area contributed by atoms with Crippen LogP contribution in [0.25, 0.3) is 0 Å². The summed E-state index contributed by atoms with van der Waals surface area (Å²) >= 11 is 0. The first-order chi connectivity index (χ1) is 11.1. The SMILES string of the molecule is CC(NC(=O)C1CCCN1)c1ccc(NC(=O)NC2CC2)cc1.Cl. The molecule has 0 radical (unpaired) electrons. The third kappa shape index (κ3) is 5.11. The van der Waals surface area contributed by atoms with Gasteiger partial charge in [-0.15, -0.1) is 12.4 Å². The lowest BCUT2D eigenvalue weighted by Crippen LogP contribution is -2.41. The Balaban J connectivity index is 0.00000208. The number of urea groups is 1. The predicted molar refractivity (Wildman–Crippen MR) is 96.4 cm³/mol. The maximum Gasteiger partial charge on any atom is 0.319 e. The Hall–Kier alpha value is -1.79. The predicted octanol–water partition coefficient (Wildman–Crippen LogP) is 2.32. The van der Waals surface area contributed by atoms with Crippen molar-refractivity contribution >= 4 is 30.0 Å². The van der Waals surface area contributed by atoms with Gasteiger partial charge in [-0.05, 0) is 56.8 Å². The molecule has 24 heavy (non-hydrogen) atoms. The molecule has 4 N–H and O–H groups in total. The zero-order valence-electron chi connectivity index (χ0n) is 13.8. The van der Waals surface area contributed by atoms with Gasteiger partial charge < -0.3 is 21.3 Å². The highest BCUT2D eigenvalue weighted by Gasteiger charge is 2.24. The quantitative estimate of drug-likeness (QED) is 0.656. The van der Waals surface area contributed by atoms with Gasteiger partial charge in [-0.25, -0.2) is 4.79 Å². The molecule has 2 unspecified atom stereocenters. The van der Waals surface area contributed by atoms with Crippen molar-refractivity contribution in [3.8, 4) is 0 Å². The lowest BCUT2D eigenvalue weighted by Gasteiger charge is -2.18. The molecule has 1 saturated heterocycles. The van der Waals surface area contributed by atoms with Crippen molar-refractivity contribution < 1.29 is 9.59 Å². The van der Waals surface area contributed by atoms with Gasteiger partial charge in [0.05, 0.1) is 12.1 Å². The molecule has 0 aromatic heterocycles. The van der Waals surface area contributed by atoms with Crippen LogP contribution in [0.3, 0.4) is 0 Å². The van der Waals surface area contributed by atoms with Gasteiger partial charge in [0.25, 0.3) is 0 Å². The van der Waals surface area contributed by atoms with Gasteiger partial charge in [-0.1, -0.05) is 12.1 Å². The van der Waals surface area contributed by atoms with Crippen LogP contribution in [-0.4, -0.2) is 30.6 Å². The van der Waals surface area contributed by atoms with Gasteiger partial charge >= 0.3 is 6.03 Å². The molecular formula is C17H25ClN4O2. The first-order valence-electron chi connectivity index (χ1n) is 8.33. The van der Waals surface area contributed by atoms with E-state index in [0.717, 1.165) is 43.5 Å². The summed E-state index contributed by atoms with van der Waals surface area (Å²) in [6.07, 6.45) is 4.09. The Kier molecular flexibility index (Phi) is 6.45. The van der Waals surface area contributed by atoms with E-state index in [-0.39, 0.29) is 36.4 Å². The molecule has 6 nitrogen and oxygen atoms in total. The van der Waals surface area contributed by atoms with Crippen LogP contribution >= 0.6 is 12.4 Å². The maximum atomic E-state index is 12.1. The summed E-state index contributed by atoms with van der Waals surface area (Å²) in [5.74, 6) is 0.0565. The summed E-state index contributed by atoms with van der Waals surface area (Å²) in [6, 6.07) is 7.64. The number of halogens is 1. The number of benzene rings is 1. The molecule has 2 atom stereocenters. The average Bonchev–Trinajstić information content (AvgIpc) is 3.17. The van der Waals surface area contributed by atoms with Crippen LogP contribution in [0.4, 0.5) is 10.5 Å². The molecule has 132 valence electrons. The van der Waals surface area contributed by atoms with Crippen molar-refractivity contribution in [1.82, 2.24) is 16.0 Å². The number of amides is 3. The normalized spacial score (nSPS) is 20.6. The summed E-state index contributed by atoms with van der Waals surface area (Å²) in [5, 5.41) is 11.9. The first-order valence-corrected chi connectivity index (χ1v) is 8.33. The van der Waals surface area contributed by atoms with E-state index in [2.05, 4.69) is 21.3 Å². The molecule has 2 fully saturated rings. The summed E-state index contributed by atoms with van der Waals surface area (Å²) < 4.78 is 0. The minimum Gasteiger partial charge on any atom is -0.348 e. The minimum absolute atomic E-state index is 0. The van der Waals surface area contributed by atoms with E-state index < -0.39 is 0 Å². The molecule has 1 saturated carbocycles. The second kappa shape index (κ2) is 8.35. The van der Waals surface area contributed by atoms with Crippen LogP contribution in [0.2, 0.25) is 0 Å². The van der Waals surface area contributed by atoms with Crippen molar-refractivity contribution in [3.05, 3.63) is 29.8 Å². The molecule has 1 aromatic rings. The molecule has 1 heterocycles. The fourth-order valence-electron chi connectivity index (χ4n) is 2.74. The van der Waals surface area contributed by atoms with Gasteiger partial charge in [0.1, 0.15) is 0 Å². The largest absolute Gasteiger partial charge is 0.348 e. The fourth-order valence-corrected chi connectivity index (χ4v) is 2.74. The zero-order valence-corrected chi connectivity index (χ0v) is 14.6. The van der Waals surface area contributed by atoms with E-state index in [4.69, 9.17) is 0 Å². The fraction of sp³-hybridized carbons (Fsp3) is 0.529. The molecular weight excluding hydrogens is 328 g/mol. The topological polar surface area (TPSA) is 82.3 Å². The van der Waals surface area contributed by atoms with Gasteiger partial charge in [0.2, 0.25) is 5.91 Å². The van der Waals surface area contributed by atoms with E-state index in [1.165, 1.54) is 0 Å². The third-order valence-electron chi connectivity index (χ3n) is 4.32. The number of nitrogens with one attached hydrogen (secondary N) is 4. The standard InChI is InChI=1S/C17H24N4O2.ClH/c1-11(19-16(22)15-3-2-10-18-15)12-4-6-13(7-5-12)20-17(23)21-14-8-9-14;/h4-7,11,14-15,18H,2-3,8-10H2,1H3,(H,19,22)(H2,20,21,23);1H. The molecule has 0 bridgehead atoms.